The molecule has 148 valence electrons. The van der Waals surface area contributed by atoms with E-state index in [9.17, 15) is 14.0 Å². The van der Waals surface area contributed by atoms with E-state index in [1.807, 2.05) is 13.0 Å². The van der Waals surface area contributed by atoms with E-state index in [0.717, 1.165) is 5.56 Å². The molecule has 5 nitrogen and oxygen atoms in total. The van der Waals surface area contributed by atoms with Crippen LogP contribution in [0.4, 0.5) is 4.39 Å². The van der Waals surface area contributed by atoms with Crippen LogP contribution in [-0.2, 0) is 9.53 Å². The van der Waals surface area contributed by atoms with E-state index in [-0.39, 0.29) is 17.6 Å². The highest BCUT2D eigenvalue weighted by Gasteiger charge is 2.18. The summed E-state index contributed by atoms with van der Waals surface area (Å²) in [5.41, 5.74) is 6.47. The zero-order valence-corrected chi connectivity index (χ0v) is 16.3. The quantitative estimate of drug-likeness (QED) is 0.793. The van der Waals surface area contributed by atoms with Gasteiger partial charge in [-0.1, -0.05) is 36.4 Å². The zero-order valence-electron chi connectivity index (χ0n) is 15.5. The van der Waals surface area contributed by atoms with Crippen molar-refractivity contribution in [3.05, 3.63) is 71.5 Å². The molecule has 2 aromatic rings. The van der Waals surface area contributed by atoms with Crippen molar-refractivity contribution >= 4 is 23.4 Å². The predicted octanol–water partition coefficient (Wildman–Crippen LogP) is 3.66. The minimum atomic E-state index is -0.786. The Hall–Kier alpha value is -2.70. The molecule has 28 heavy (non-hydrogen) atoms. The first-order chi connectivity index (χ1) is 13.3. The summed E-state index contributed by atoms with van der Waals surface area (Å²) in [6.07, 6.45) is 1.51. The lowest BCUT2D eigenvalue weighted by Crippen LogP contribution is -2.43. The Morgan fingerprint density at radius 3 is 2.61 bits per heavy atom. The Labute approximate surface area is 168 Å². The Bertz CT molecular complexity index is 872. The number of morpholine rings is 1. The molecule has 1 fully saturated rings. The van der Waals surface area contributed by atoms with Crippen molar-refractivity contribution in [2.24, 2.45) is 5.73 Å². The van der Waals surface area contributed by atoms with Crippen LogP contribution in [0.3, 0.4) is 0 Å². The highest BCUT2D eigenvalue weighted by molar-refractivity contribution is 6.30. The van der Waals surface area contributed by atoms with Gasteiger partial charge in [0.1, 0.15) is 5.82 Å². The van der Waals surface area contributed by atoms with Crippen LogP contribution in [0.1, 0.15) is 17.3 Å². The first-order valence-electron chi connectivity index (χ1n) is 8.70. The molecule has 1 unspecified atom stereocenters. The second kappa shape index (κ2) is 10.0. The van der Waals surface area contributed by atoms with Gasteiger partial charge in [-0.15, -0.1) is 0 Å². The predicted molar refractivity (Wildman–Crippen MR) is 108 cm³/mol. The number of benzene rings is 2. The first-order valence-corrected chi connectivity index (χ1v) is 9.08. The molecule has 2 amide bonds. The van der Waals surface area contributed by atoms with Gasteiger partial charge in [-0.3, -0.25) is 9.59 Å². The van der Waals surface area contributed by atoms with E-state index in [2.05, 4.69) is 6.58 Å². The lowest BCUT2D eigenvalue weighted by Gasteiger charge is -2.30. The summed E-state index contributed by atoms with van der Waals surface area (Å²) in [4.78, 5) is 23.8. The molecule has 0 aliphatic carbocycles. The van der Waals surface area contributed by atoms with Gasteiger partial charge in [-0.05, 0) is 48.4 Å². The maximum Gasteiger partial charge on any atom is 0.251 e. The highest BCUT2D eigenvalue weighted by atomic mass is 35.5. The number of ether oxygens (including phenoxy) is 1. The maximum atomic E-state index is 13.3. The Kier molecular flexibility index (Phi) is 7.72. The van der Waals surface area contributed by atoms with Gasteiger partial charge in [0.05, 0.1) is 18.3 Å². The normalized spacial score (nSPS) is 16.0. The molecule has 0 radical (unpaired) electrons. The van der Waals surface area contributed by atoms with E-state index in [4.69, 9.17) is 22.1 Å². The lowest BCUT2D eigenvalue weighted by molar-refractivity contribution is -0.132. The molecule has 1 aliphatic rings. The topological polar surface area (TPSA) is 72.6 Å². The summed E-state index contributed by atoms with van der Waals surface area (Å²) in [7, 11) is 0. The number of primary amides is 1. The third-order valence-corrected chi connectivity index (χ3v) is 4.35. The smallest absolute Gasteiger partial charge is 0.251 e. The molecule has 0 spiro atoms. The van der Waals surface area contributed by atoms with Crippen LogP contribution < -0.4 is 5.73 Å². The molecule has 3 rings (SSSR count). The molecule has 0 aromatic heterocycles. The molecule has 1 heterocycles. The van der Waals surface area contributed by atoms with Gasteiger partial charge >= 0.3 is 0 Å². The van der Waals surface area contributed by atoms with Crippen LogP contribution in [0.25, 0.3) is 11.1 Å². The van der Waals surface area contributed by atoms with E-state index >= 15 is 0 Å². The number of rotatable bonds is 3. The standard InChI is InChI=1S/C13H9ClFNO.C8H13NO2/c14-10-3-1-2-8(6-10)9-4-5-12(15)11(7-9)13(16)17;1-3-8(10)9-4-5-11-7(2)6-9/h1-7H,(H2,16,17);3,7H,1,4-6H2,2H3. The van der Waals surface area contributed by atoms with Crippen molar-refractivity contribution in [2.75, 3.05) is 19.7 Å². The molecule has 2 aromatic carbocycles. The van der Waals surface area contributed by atoms with Crippen molar-refractivity contribution in [2.45, 2.75) is 13.0 Å². The van der Waals surface area contributed by atoms with Crippen molar-refractivity contribution in [3.63, 3.8) is 0 Å². The average molecular weight is 405 g/mol. The summed E-state index contributed by atoms with van der Waals surface area (Å²) in [6.45, 7) is 7.40. The molecule has 7 heteroatoms. The number of amides is 2. The minimum Gasteiger partial charge on any atom is -0.375 e. The van der Waals surface area contributed by atoms with Crippen LogP contribution >= 0.6 is 11.6 Å². The van der Waals surface area contributed by atoms with Gasteiger partial charge in [-0.2, -0.15) is 0 Å². The second-order valence-electron chi connectivity index (χ2n) is 6.24. The molecular formula is C21H22ClFN2O3. The van der Waals surface area contributed by atoms with Crippen LogP contribution in [0.2, 0.25) is 5.02 Å². The Morgan fingerprint density at radius 2 is 2.00 bits per heavy atom. The summed E-state index contributed by atoms with van der Waals surface area (Å²) < 4.78 is 18.6. The largest absolute Gasteiger partial charge is 0.375 e. The molecule has 1 atom stereocenters. The van der Waals surface area contributed by atoms with Crippen molar-refractivity contribution in [1.82, 2.24) is 4.90 Å². The van der Waals surface area contributed by atoms with Gasteiger partial charge in [-0.25, -0.2) is 4.39 Å². The van der Waals surface area contributed by atoms with Gasteiger partial charge in [0.25, 0.3) is 5.91 Å². The molecule has 0 bridgehead atoms. The summed E-state index contributed by atoms with van der Waals surface area (Å²) in [6, 6.07) is 11.3. The van der Waals surface area contributed by atoms with Gasteiger partial charge < -0.3 is 15.4 Å². The number of nitrogens with two attached hydrogens (primary N) is 1. The number of nitrogens with zero attached hydrogens (tertiary/aromatic N) is 1. The molecule has 2 N–H and O–H groups in total. The molecular weight excluding hydrogens is 383 g/mol. The van der Waals surface area contributed by atoms with E-state index in [0.29, 0.717) is 30.3 Å². The first kappa shape index (κ1) is 21.6. The van der Waals surface area contributed by atoms with E-state index in [1.54, 1.807) is 29.2 Å². The molecule has 0 saturated carbocycles. The third-order valence-electron chi connectivity index (χ3n) is 4.12. The zero-order chi connectivity index (χ0) is 20.7. The lowest BCUT2D eigenvalue weighted by atomic mass is 10.0. The summed E-state index contributed by atoms with van der Waals surface area (Å²) >= 11 is 5.86. The molecule has 1 saturated heterocycles. The fourth-order valence-electron chi connectivity index (χ4n) is 2.71. The SMILES string of the molecule is C=CC(=O)N1CCOC(C)C1.NC(=O)c1cc(-c2cccc(Cl)c2)ccc1F. The average Bonchev–Trinajstić information content (AvgIpc) is 2.68. The second-order valence-corrected chi connectivity index (χ2v) is 6.68. The fraction of sp³-hybridized carbons (Fsp3) is 0.238. The number of carbonyl (C=O) groups is 2. The van der Waals surface area contributed by atoms with Crippen LogP contribution in [0.5, 0.6) is 0 Å². The Morgan fingerprint density at radius 1 is 1.29 bits per heavy atom. The van der Waals surface area contributed by atoms with Crippen molar-refractivity contribution < 1.29 is 18.7 Å². The number of carbonyl (C=O) groups excluding carboxylic acids is 2. The van der Waals surface area contributed by atoms with Gasteiger partial charge in [0.15, 0.2) is 0 Å². The third kappa shape index (κ3) is 5.90. The fourth-order valence-corrected chi connectivity index (χ4v) is 2.90. The number of hydrogen-bond acceptors (Lipinski definition) is 3. The van der Waals surface area contributed by atoms with E-state index < -0.39 is 11.7 Å². The number of hydrogen-bond donors (Lipinski definition) is 1. The van der Waals surface area contributed by atoms with Crippen LogP contribution in [0.15, 0.2) is 55.1 Å². The number of halogens is 2. The van der Waals surface area contributed by atoms with Crippen LogP contribution in [0, 0.1) is 5.82 Å². The monoisotopic (exact) mass is 404 g/mol. The van der Waals surface area contributed by atoms with Crippen molar-refractivity contribution in [1.29, 1.82) is 0 Å². The van der Waals surface area contributed by atoms with Crippen molar-refractivity contribution in [3.8, 4) is 11.1 Å². The van der Waals surface area contributed by atoms with E-state index in [1.165, 1.54) is 18.2 Å². The van der Waals surface area contributed by atoms with Gasteiger partial charge in [0.2, 0.25) is 5.91 Å². The maximum absolute atomic E-state index is 13.3. The Balaban J connectivity index is 0.000000221. The summed E-state index contributed by atoms with van der Waals surface area (Å²) in [5.74, 6) is -1.41. The minimum absolute atomic E-state index is 0.000139. The van der Waals surface area contributed by atoms with Crippen LogP contribution in [-0.4, -0.2) is 42.5 Å². The highest BCUT2D eigenvalue weighted by Crippen LogP contribution is 2.24. The summed E-state index contributed by atoms with van der Waals surface area (Å²) in [5, 5.41) is 0.576. The molecule has 1 aliphatic heterocycles. The van der Waals surface area contributed by atoms with Gasteiger partial charge in [0, 0.05) is 18.1 Å².